The molecule has 124 valence electrons. The highest BCUT2D eigenvalue weighted by atomic mass is 16.6. The van der Waals surface area contributed by atoms with Gasteiger partial charge in [-0.15, -0.1) is 0 Å². The van der Waals surface area contributed by atoms with E-state index in [1.807, 2.05) is 0 Å². The lowest BCUT2D eigenvalue weighted by molar-refractivity contribution is -0.404. The number of carbonyl (C=O) groups excluding carboxylic acids is 1. The first-order chi connectivity index (χ1) is 10.7. The van der Waals surface area contributed by atoms with E-state index in [4.69, 9.17) is 5.11 Å². The largest absolute Gasteiger partial charge is 0.497 e. The Morgan fingerprint density at radius 3 is 1.61 bits per heavy atom. The van der Waals surface area contributed by atoms with E-state index < -0.39 is 37.6 Å². The van der Waals surface area contributed by atoms with Crippen molar-refractivity contribution >= 4 is 22.8 Å². The topological polar surface area (TPSA) is 179 Å². The van der Waals surface area contributed by atoms with Crippen molar-refractivity contribution in [2.24, 2.45) is 0 Å². The van der Waals surface area contributed by atoms with Crippen LogP contribution in [0.15, 0.2) is 12.1 Å². The molecule has 0 atom stereocenters. The number of nitrogens with one attached hydrogen (secondary N) is 1. The molecule has 1 saturated heterocycles. The molecule has 0 aromatic heterocycles. The zero-order chi connectivity index (χ0) is 17.6. The highest BCUT2D eigenvalue weighted by molar-refractivity contribution is 5.79. The summed E-state index contributed by atoms with van der Waals surface area (Å²) in [4.78, 5) is 38.2. The Labute approximate surface area is 128 Å². The molecule has 1 aromatic carbocycles. The maximum Gasteiger partial charge on any atom is 0.324 e. The molecule has 12 heteroatoms. The van der Waals surface area contributed by atoms with E-state index >= 15 is 0 Å². The number of nitro groups is 3. The second kappa shape index (κ2) is 7.74. The predicted molar refractivity (Wildman–Crippen MR) is 75.2 cm³/mol. The van der Waals surface area contributed by atoms with Gasteiger partial charge in [0.25, 0.3) is 11.4 Å². The van der Waals surface area contributed by atoms with Crippen LogP contribution < -0.4 is 5.32 Å². The van der Waals surface area contributed by atoms with Gasteiger partial charge in [-0.05, 0) is 0 Å². The molecule has 0 spiro atoms. The number of aromatic hydroxyl groups is 1. The summed E-state index contributed by atoms with van der Waals surface area (Å²) in [6, 6.07) is 0.894. The molecule has 1 heterocycles. The van der Waals surface area contributed by atoms with E-state index in [1.165, 1.54) is 0 Å². The number of phenolic OH excluding ortho intramolecular Hbond substituents is 1. The maximum atomic E-state index is 10.4. The summed E-state index contributed by atoms with van der Waals surface area (Å²) in [6.07, 6.45) is 1.47. The van der Waals surface area contributed by atoms with E-state index in [-0.39, 0.29) is 0 Å². The number of Topliss-reactive ketones (excluding diaryl/α,β-unsaturated/α-hetero) is 1. The highest BCUT2D eigenvalue weighted by Crippen LogP contribution is 2.38. The number of phenols is 1. The van der Waals surface area contributed by atoms with Crippen LogP contribution in [0.1, 0.15) is 12.8 Å². The normalized spacial score (nSPS) is 13.7. The fourth-order valence-electron chi connectivity index (χ4n) is 1.68. The fraction of sp³-hybridized carbons (Fsp3) is 0.364. The Morgan fingerprint density at radius 1 is 0.913 bits per heavy atom. The minimum Gasteiger partial charge on any atom is -0.497 e. The minimum atomic E-state index is -1.21. The second-order valence-electron chi connectivity index (χ2n) is 4.39. The van der Waals surface area contributed by atoms with Crippen molar-refractivity contribution in [1.82, 2.24) is 5.32 Å². The SMILES string of the molecule is O=C1CCNCC1.O=[N+]([O-])c1cc([N+](=O)[O-])c(O)c([N+](=O)[O-])c1. The van der Waals surface area contributed by atoms with Crippen molar-refractivity contribution in [3.63, 3.8) is 0 Å². The van der Waals surface area contributed by atoms with E-state index in [9.17, 15) is 35.1 Å². The molecule has 1 aliphatic heterocycles. The van der Waals surface area contributed by atoms with Gasteiger partial charge < -0.3 is 10.4 Å². The van der Waals surface area contributed by atoms with Gasteiger partial charge in [0.05, 0.1) is 26.9 Å². The summed E-state index contributed by atoms with van der Waals surface area (Å²) >= 11 is 0. The molecular formula is C11H12N4O8. The van der Waals surface area contributed by atoms with Crippen molar-refractivity contribution in [3.05, 3.63) is 42.5 Å². The van der Waals surface area contributed by atoms with Crippen molar-refractivity contribution in [2.75, 3.05) is 13.1 Å². The van der Waals surface area contributed by atoms with Crippen LogP contribution in [0, 0.1) is 30.3 Å². The van der Waals surface area contributed by atoms with Gasteiger partial charge in [0.2, 0.25) is 0 Å². The Balaban J connectivity index is 0.000000313. The number of nitrogens with zero attached hydrogens (tertiary/aromatic N) is 3. The summed E-state index contributed by atoms with van der Waals surface area (Å²) in [5, 5.41) is 43.3. The van der Waals surface area contributed by atoms with Crippen LogP contribution in [0.25, 0.3) is 0 Å². The molecule has 0 bridgehead atoms. The standard InChI is InChI=1S/C6H3N3O7.C5H9NO/c10-6-4(8(13)14)1-3(7(11)12)2-5(6)9(15)16;7-5-1-3-6-4-2-5/h1-2,10H;6H,1-4H2. The van der Waals surface area contributed by atoms with Gasteiger partial charge in [0.1, 0.15) is 5.78 Å². The average Bonchev–Trinajstić information content (AvgIpc) is 2.48. The molecule has 0 unspecified atom stereocenters. The van der Waals surface area contributed by atoms with Crippen LogP contribution in [0.2, 0.25) is 0 Å². The first kappa shape index (κ1) is 17.9. The molecule has 1 aliphatic rings. The van der Waals surface area contributed by atoms with Crippen molar-refractivity contribution in [3.8, 4) is 5.75 Å². The molecule has 23 heavy (non-hydrogen) atoms. The van der Waals surface area contributed by atoms with Gasteiger partial charge in [-0.3, -0.25) is 35.1 Å². The van der Waals surface area contributed by atoms with Gasteiger partial charge in [-0.25, -0.2) is 0 Å². The van der Waals surface area contributed by atoms with Crippen LogP contribution in [0.4, 0.5) is 17.1 Å². The zero-order valence-corrected chi connectivity index (χ0v) is 11.6. The monoisotopic (exact) mass is 328 g/mol. The number of hydrogen-bond acceptors (Lipinski definition) is 9. The molecule has 12 nitrogen and oxygen atoms in total. The lowest BCUT2D eigenvalue weighted by atomic mass is 10.1. The Morgan fingerprint density at radius 2 is 1.35 bits per heavy atom. The Hall–Kier alpha value is -3.15. The lowest BCUT2D eigenvalue weighted by Gasteiger charge is -2.08. The third-order valence-corrected chi connectivity index (χ3v) is 2.82. The first-order valence-electron chi connectivity index (χ1n) is 6.26. The number of ketones is 1. The van der Waals surface area contributed by atoms with Crippen LogP contribution >= 0.6 is 0 Å². The molecule has 2 N–H and O–H groups in total. The van der Waals surface area contributed by atoms with Gasteiger partial charge >= 0.3 is 11.4 Å². The molecule has 0 saturated carbocycles. The van der Waals surface area contributed by atoms with Gasteiger partial charge in [-0.2, -0.15) is 0 Å². The number of piperidine rings is 1. The maximum absolute atomic E-state index is 10.4. The van der Waals surface area contributed by atoms with Crippen LogP contribution in [-0.2, 0) is 4.79 Å². The van der Waals surface area contributed by atoms with E-state index in [2.05, 4.69) is 5.32 Å². The van der Waals surface area contributed by atoms with Gasteiger partial charge in [0, 0.05) is 25.9 Å². The van der Waals surface area contributed by atoms with Crippen LogP contribution in [0.5, 0.6) is 5.75 Å². The number of carbonyl (C=O) groups is 1. The van der Waals surface area contributed by atoms with Gasteiger partial charge in [0.15, 0.2) is 0 Å². The van der Waals surface area contributed by atoms with E-state index in [0.29, 0.717) is 17.9 Å². The fourth-order valence-corrected chi connectivity index (χ4v) is 1.68. The van der Waals surface area contributed by atoms with Crippen LogP contribution in [-0.4, -0.2) is 38.7 Å². The summed E-state index contributed by atoms with van der Waals surface area (Å²) in [5.74, 6) is -0.806. The number of nitro benzene ring substituents is 3. The third kappa shape index (κ3) is 4.96. The zero-order valence-electron chi connectivity index (χ0n) is 11.6. The quantitative estimate of drug-likeness (QED) is 0.605. The number of rotatable bonds is 3. The summed E-state index contributed by atoms with van der Waals surface area (Å²) in [5.41, 5.74) is -3.00. The molecule has 2 rings (SSSR count). The Bertz CT molecular complexity index is 616. The summed E-state index contributed by atoms with van der Waals surface area (Å²) in [7, 11) is 0. The number of hydrogen-bond donors (Lipinski definition) is 2. The molecule has 1 aromatic rings. The summed E-state index contributed by atoms with van der Waals surface area (Å²) < 4.78 is 0. The highest BCUT2D eigenvalue weighted by Gasteiger charge is 2.30. The molecular weight excluding hydrogens is 316 g/mol. The van der Waals surface area contributed by atoms with Gasteiger partial charge in [-0.1, -0.05) is 0 Å². The predicted octanol–water partition coefficient (Wildman–Crippen LogP) is 1.06. The number of non-ortho nitro benzene ring substituents is 1. The molecule has 0 amide bonds. The molecule has 0 aliphatic carbocycles. The molecule has 0 radical (unpaired) electrons. The van der Waals surface area contributed by atoms with Crippen molar-refractivity contribution in [1.29, 1.82) is 0 Å². The van der Waals surface area contributed by atoms with Crippen molar-refractivity contribution in [2.45, 2.75) is 12.8 Å². The minimum absolute atomic E-state index is 0.402. The summed E-state index contributed by atoms with van der Waals surface area (Å²) in [6.45, 7) is 1.78. The third-order valence-electron chi connectivity index (χ3n) is 2.82. The average molecular weight is 328 g/mol. The lowest BCUT2D eigenvalue weighted by Crippen LogP contribution is -2.27. The van der Waals surface area contributed by atoms with E-state index in [0.717, 1.165) is 25.9 Å². The van der Waals surface area contributed by atoms with E-state index in [1.54, 1.807) is 0 Å². The number of benzene rings is 1. The second-order valence-corrected chi connectivity index (χ2v) is 4.39. The Kier molecular flexibility index (Phi) is 6.03. The van der Waals surface area contributed by atoms with Crippen LogP contribution in [0.3, 0.4) is 0 Å². The van der Waals surface area contributed by atoms with Crippen molar-refractivity contribution < 1.29 is 24.7 Å². The first-order valence-corrected chi connectivity index (χ1v) is 6.26. The smallest absolute Gasteiger partial charge is 0.324 e. The molecule has 1 fully saturated rings.